The number of hydrogen-bond acceptors (Lipinski definition) is 6. The molecule has 0 aromatic heterocycles. The van der Waals surface area contributed by atoms with E-state index in [1.165, 1.54) is 5.56 Å². The van der Waals surface area contributed by atoms with Crippen LogP contribution in [0.25, 0.3) is 0 Å². The van der Waals surface area contributed by atoms with E-state index >= 15 is 0 Å². The summed E-state index contributed by atoms with van der Waals surface area (Å²) in [5.74, 6) is -0.404. The lowest BCUT2D eigenvalue weighted by Gasteiger charge is -2.26. The van der Waals surface area contributed by atoms with Gasteiger partial charge in [0, 0.05) is 44.2 Å². The lowest BCUT2D eigenvalue weighted by molar-refractivity contribution is -0.134. The van der Waals surface area contributed by atoms with Crippen LogP contribution in [0.1, 0.15) is 12.5 Å². The van der Waals surface area contributed by atoms with Crippen LogP contribution in [0.15, 0.2) is 24.3 Å². The fraction of sp³-hybridized carbons (Fsp3) is 0.600. The van der Waals surface area contributed by atoms with E-state index in [-0.39, 0.29) is 28.9 Å². The number of benzene rings is 1. The first-order valence-electron chi connectivity index (χ1n) is 9.78. The number of carbonyl (C=O) groups excluding carboxylic acids is 1. The molecule has 1 aromatic carbocycles. The van der Waals surface area contributed by atoms with Gasteiger partial charge in [0.2, 0.25) is 5.91 Å². The van der Waals surface area contributed by atoms with E-state index in [4.69, 9.17) is 9.90 Å². The van der Waals surface area contributed by atoms with Gasteiger partial charge in [-0.1, -0.05) is 18.2 Å². The summed E-state index contributed by atoms with van der Waals surface area (Å²) >= 11 is 0. The first-order chi connectivity index (χ1) is 13.6. The molecule has 0 saturated carbocycles. The van der Waals surface area contributed by atoms with Gasteiger partial charge in [0.05, 0.1) is 17.5 Å². The molecule has 4 rings (SSSR count). The number of amides is 1. The molecule has 8 nitrogen and oxygen atoms in total. The molecule has 2 saturated heterocycles. The van der Waals surface area contributed by atoms with Crippen molar-refractivity contribution in [2.75, 3.05) is 50.9 Å². The number of rotatable bonds is 3. The van der Waals surface area contributed by atoms with Crippen molar-refractivity contribution < 1.29 is 23.1 Å². The van der Waals surface area contributed by atoms with Crippen molar-refractivity contribution in [3.63, 3.8) is 0 Å². The molecule has 0 unspecified atom stereocenters. The molecule has 3 aliphatic heterocycles. The average Bonchev–Trinajstić information content (AvgIpc) is 3.28. The van der Waals surface area contributed by atoms with Crippen LogP contribution in [0, 0.1) is 5.92 Å². The molecule has 1 aromatic rings. The summed E-state index contributed by atoms with van der Waals surface area (Å²) in [5, 5.41) is 7.10. The van der Waals surface area contributed by atoms with Crippen molar-refractivity contribution in [3.8, 4) is 0 Å². The third kappa shape index (κ3) is 4.62. The zero-order valence-electron chi connectivity index (χ0n) is 17.1. The van der Waals surface area contributed by atoms with Gasteiger partial charge in [-0.25, -0.2) is 8.42 Å². The fourth-order valence-corrected chi connectivity index (χ4v) is 7.16. The second-order valence-corrected chi connectivity index (χ2v) is 10.5. The van der Waals surface area contributed by atoms with Gasteiger partial charge in [-0.2, -0.15) is 0 Å². The van der Waals surface area contributed by atoms with Crippen LogP contribution in [-0.2, 0) is 25.8 Å². The molecule has 2 fully saturated rings. The number of anilines is 1. The molecule has 160 valence electrons. The zero-order chi connectivity index (χ0) is 21.3. The highest BCUT2D eigenvalue weighted by Crippen LogP contribution is 2.36. The Bertz CT molecular complexity index is 882. The highest BCUT2D eigenvalue weighted by molar-refractivity contribution is 7.92. The summed E-state index contributed by atoms with van der Waals surface area (Å²) in [6.45, 7) is 3.28. The van der Waals surface area contributed by atoms with Crippen molar-refractivity contribution in [2.45, 2.75) is 24.6 Å². The monoisotopic (exact) mass is 423 g/mol. The number of fused-ring (bicyclic) bond motifs is 2. The van der Waals surface area contributed by atoms with Gasteiger partial charge in [-0.15, -0.1) is 0 Å². The summed E-state index contributed by atoms with van der Waals surface area (Å²) in [4.78, 5) is 27.7. The van der Waals surface area contributed by atoms with Gasteiger partial charge in [-0.3, -0.25) is 14.5 Å². The largest absolute Gasteiger partial charge is 0.481 e. The van der Waals surface area contributed by atoms with Crippen LogP contribution in [0.2, 0.25) is 0 Å². The number of aliphatic carboxylic acids is 1. The topological polar surface area (TPSA) is 98.2 Å². The Labute approximate surface area is 172 Å². The minimum absolute atomic E-state index is 0.0580. The smallest absolute Gasteiger partial charge is 0.300 e. The summed E-state index contributed by atoms with van der Waals surface area (Å²) in [5.41, 5.74) is 2.22. The molecule has 0 radical (unpaired) electrons. The molecule has 0 bridgehead atoms. The van der Waals surface area contributed by atoms with Gasteiger partial charge < -0.3 is 14.9 Å². The predicted molar refractivity (Wildman–Crippen MR) is 111 cm³/mol. The lowest BCUT2D eigenvalue weighted by Crippen LogP contribution is -2.41. The third-order valence-electron chi connectivity index (χ3n) is 5.95. The summed E-state index contributed by atoms with van der Waals surface area (Å²) in [6.07, 6.45) is 0.893. The van der Waals surface area contributed by atoms with E-state index in [0.29, 0.717) is 19.6 Å². The highest BCUT2D eigenvalue weighted by atomic mass is 32.2. The van der Waals surface area contributed by atoms with Gasteiger partial charge >= 0.3 is 0 Å². The van der Waals surface area contributed by atoms with Crippen LogP contribution in [0.5, 0.6) is 0 Å². The molecule has 1 amide bonds. The fourth-order valence-electron chi connectivity index (χ4n) is 4.65. The van der Waals surface area contributed by atoms with Crippen molar-refractivity contribution in [1.29, 1.82) is 0 Å². The number of para-hydroxylation sites is 1. The van der Waals surface area contributed by atoms with E-state index in [2.05, 4.69) is 6.07 Å². The minimum Gasteiger partial charge on any atom is -0.481 e. The number of sulfone groups is 1. The Morgan fingerprint density at radius 2 is 1.86 bits per heavy atom. The van der Waals surface area contributed by atoms with Crippen LogP contribution >= 0.6 is 0 Å². The Morgan fingerprint density at radius 3 is 2.52 bits per heavy atom. The summed E-state index contributed by atoms with van der Waals surface area (Å²) in [6, 6.07) is 8.07. The van der Waals surface area contributed by atoms with Crippen molar-refractivity contribution >= 4 is 27.4 Å². The molecule has 3 atom stereocenters. The normalized spacial score (nSPS) is 27.3. The maximum atomic E-state index is 12.8. The number of carbonyl (C=O) groups is 2. The Kier molecular flexibility index (Phi) is 6.30. The minimum atomic E-state index is -3.06. The highest BCUT2D eigenvalue weighted by Gasteiger charge is 2.52. The Balaban J connectivity index is 0.000000552. The van der Waals surface area contributed by atoms with Crippen LogP contribution in [0.3, 0.4) is 0 Å². The van der Waals surface area contributed by atoms with E-state index in [9.17, 15) is 13.2 Å². The molecule has 3 aliphatic rings. The Hall–Kier alpha value is -1.97. The molecule has 3 heterocycles. The SMILES string of the molecule is CC(=O)O.CN(C)[C@@H]1CS(=O)(=O)[C@H]2CN(CC(=O)N3CCc4ccccc43)C[C@@H]12. The first-order valence-corrected chi connectivity index (χ1v) is 11.5. The second-order valence-electron chi connectivity index (χ2n) is 8.20. The summed E-state index contributed by atoms with van der Waals surface area (Å²) in [7, 11) is 0.821. The molecular formula is C20H29N3O5S. The first kappa shape index (κ1) is 21.7. The van der Waals surface area contributed by atoms with Gasteiger partial charge in [0.25, 0.3) is 5.97 Å². The maximum absolute atomic E-state index is 12.8. The standard InChI is InChI=1S/C18H25N3O3S.C2H4O2/c1-19(2)16-12-25(23,24)17-10-20(9-14(16)17)11-18(22)21-8-7-13-5-3-4-6-15(13)21;1-2(3)4/h3-6,14,16-17H,7-12H2,1-2H3;1H3,(H,3,4)/t14-,16+,17-;/m0./s1. The molecular weight excluding hydrogens is 394 g/mol. The van der Waals surface area contributed by atoms with E-state index in [1.807, 2.05) is 47.0 Å². The Morgan fingerprint density at radius 1 is 1.21 bits per heavy atom. The molecule has 9 heteroatoms. The summed E-state index contributed by atoms with van der Waals surface area (Å²) < 4.78 is 24.9. The zero-order valence-corrected chi connectivity index (χ0v) is 17.9. The number of likely N-dealkylation sites (tertiary alicyclic amines) is 1. The lowest BCUT2D eigenvalue weighted by atomic mass is 10.00. The maximum Gasteiger partial charge on any atom is 0.300 e. The molecule has 29 heavy (non-hydrogen) atoms. The third-order valence-corrected chi connectivity index (χ3v) is 8.18. The van der Waals surface area contributed by atoms with E-state index < -0.39 is 15.8 Å². The van der Waals surface area contributed by atoms with Crippen molar-refractivity contribution in [2.24, 2.45) is 5.92 Å². The molecule has 0 spiro atoms. The van der Waals surface area contributed by atoms with Gasteiger partial charge in [0.1, 0.15) is 0 Å². The number of hydrogen-bond donors (Lipinski definition) is 1. The van der Waals surface area contributed by atoms with Crippen molar-refractivity contribution in [3.05, 3.63) is 29.8 Å². The molecule has 0 aliphatic carbocycles. The quantitative estimate of drug-likeness (QED) is 0.748. The van der Waals surface area contributed by atoms with E-state index in [1.54, 1.807) is 0 Å². The van der Waals surface area contributed by atoms with E-state index in [0.717, 1.165) is 25.6 Å². The van der Waals surface area contributed by atoms with Gasteiger partial charge in [-0.05, 0) is 32.1 Å². The number of carboxylic acid groups (broad SMARTS) is 1. The van der Waals surface area contributed by atoms with Crippen LogP contribution in [-0.4, -0.2) is 92.5 Å². The van der Waals surface area contributed by atoms with Crippen molar-refractivity contribution in [1.82, 2.24) is 9.80 Å². The van der Waals surface area contributed by atoms with Crippen LogP contribution in [0.4, 0.5) is 5.69 Å². The van der Waals surface area contributed by atoms with Gasteiger partial charge in [0.15, 0.2) is 9.84 Å². The second kappa shape index (κ2) is 8.41. The molecule has 1 N–H and O–H groups in total. The average molecular weight is 424 g/mol. The number of nitrogens with zero attached hydrogens (tertiary/aromatic N) is 3. The predicted octanol–water partition coefficient (Wildman–Crippen LogP) is 0.326. The van der Waals surface area contributed by atoms with Crippen LogP contribution < -0.4 is 4.90 Å². The number of carboxylic acids is 1.